The lowest BCUT2D eigenvalue weighted by molar-refractivity contribution is 0.0955. The summed E-state index contributed by atoms with van der Waals surface area (Å²) < 4.78 is 0. The van der Waals surface area contributed by atoms with E-state index in [0.717, 1.165) is 56.5 Å². The number of aryl methyl sites for hydroxylation is 2. The number of hydrogen-bond acceptors (Lipinski definition) is 3. The Morgan fingerprint density at radius 1 is 1.24 bits per heavy atom. The van der Waals surface area contributed by atoms with E-state index in [1.54, 1.807) is 6.07 Å². The number of fused-ring (bicyclic) bond motifs is 1. The van der Waals surface area contributed by atoms with Crippen LogP contribution in [0.4, 0.5) is 0 Å². The highest BCUT2D eigenvalue weighted by Gasteiger charge is 2.17. The first-order valence-corrected chi connectivity index (χ1v) is 7.66. The molecule has 1 aliphatic heterocycles. The fourth-order valence-electron chi connectivity index (χ4n) is 2.96. The van der Waals surface area contributed by atoms with Gasteiger partial charge >= 0.3 is 0 Å². The van der Waals surface area contributed by atoms with Crippen LogP contribution >= 0.6 is 0 Å². The summed E-state index contributed by atoms with van der Waals surface area (Å²) in [6.45, 7) is 2.32. The topological polar surface area (TPSA) is 74.0 Å². The van der Waals surface area contributed by atoms with E-state index in [1.807, 2.05) is 0 Å². The predicted octanol–water partition coefficient (Wildman–Crippen LogP) is 0.903. The minimum atomic E-state index is -0.274. The first-order valence-electron chi connectivity index (χ1n) is 7.66. The van der Waals surface area contributed by atoms with Crippen LogP contribution in [0.5, 0.6) is 0 Å². The molecule has 1 aliphatic carbocycles. The van der Waals surface area contributed by atoms with E-state index in [9.17, 15) is 9.59 Å². The molecule has 0 spiro atoms. The molecule has 0 saturated heterocycles. The molecule has 21 heavy (non-hydrogen) atoms. The summed E-state index contributed by atoms with van der Waals surface area (Å²) in [6.07, 6.45) is 7.13. The van der Waals surface area contributed by atoms with Crippen molar-refractivity contribution >= 4 is 5.91 Å². The molecule has 2 heterocycles. The number of hydrogen-bond donors (Lipinski definition) is 3. The molecule has 5 heteroatoms. The van der Waals surface area contributed by atoms with Crippen LogP contribution in [0.2, 0.25) is 0 Å². The van der Waals surface area contributed by atoms with Crippen LogP contribution in [0.3, 0.4) is 0 Å². The molecule has 112 valence electrons. The van der Waals surface area contributed by atoms with Gasteiger partial charge in [0, 0.05) is 18.8 Å². The summed E-state index contributed by atoms with van der Waals surface area (Å²) in [6, 6.07) is 1.78. The quantitative estimate of drug-likeness (QED) is 0.723. The lowest BCUT2D eigenvalue weighted by atomic mass is 9.95. The lowest BCUT2D eigenvalue weighted by Crippen LogP contribution is -2.33. The fourth-order valence-corrected chi connectivity index (χ4v) is 2.96. The number of carbonyl (C=O) groups excluding carboxylic acids is 1. The predicted molar refractivity (Wildman–Crippen MR) is 81.6 cm³/mol. The Morgan fingerprint density at radius 2 is 2.10 bits per heavy atom. The number of H-pyrrole nitrogens is 1. The normalized spacial score (nSPS) is 17.8. The number of rotatable bonds is 3. The van der Waals surface area contributed by atoms with E-state index >= 15 is 0 Å². The van der Waals surface area contributed by atoms with Gasteiger partial charge in [0.2, 0.25) is 0 Å². The van der Waals surface area contributed by atoms with E-state index in [4.69, 9.17) is 0 Å². The third kappa shape index (κ3) is 3.24. The standard InChI is InChI=1S/C16H21N3O2/c20-15(18-10-11-5-7-17-8-6-11)13-9-12-3-1-2-4-14(12)19-16(13)21/h5,9,17H,1-4,6-8,10H2,(H,18,20)(H,19,21). The van der Waals surface area contributed by atoms with Gasteiger partial charge in [0.15, 0.2) is 0 Å². The summed E-state index contributed by atoms with van der Waals surface area (Å²) >= 11 is 0. The first kappa shape index (κ1) is 14.1. The summed E-state index contributed by atoms with van der Waals surface area (Å²) in [5.41, 5.74) is 3.31. The zero-order valence-electron chi connectivity index (χ0n) is 12.1. The number of amides is 1. The number of aromatic amines is 1. The Labute approximate surface area is 123 Å². The molecule has 3 N–H and O–H groups in total. The Kier molecular flexibility index (Phi) is 4.20. The maximum Gasteiger partial charge on any atom is 0.261 e. The Balaban J connectivity index is 1.72. The van der Waals surface area contributed by atoms with Crippen LogP contribution in [0.15, 0.2) is 22.5 Å². The number of nitrogens with one attached hydrogen (secondary N) is 3. The van der Waals surface area contributed by atoms with Crippen molar-refractivity contribution in [2.75, 3.05) is 19.6 Å². The van der Waals surface area contributed by atoms with Gasteiger partial charge in [0.25, 0.3) is 11.5 Å². The minimum Gasteiger partial charge on any atom is -0.348 e. The van der Waals surface area contributed by atoms with Crippen molar-refractivity contribution in [1.29, 1.82) is 0 Å². The highest BCUT2D eigenvalue weighted by atomic mass is 16.2. The lowest BCUT2D eigenvalue weighted by Gasteiger charge is -2.17. The van der Waals surface area contributed by atoms with Crippen molar-refractivity contribution in [2.24, 2.45) is 0 Å². The molecule has 0 aromatic carbocycles. The molecule has 0 saturated carbocycles. The van der Waals surface area contributed by atoms with Crippen LogP contribution < -0.4 is 16.2 Å². The second kappa shape index (κ2) is 6.26. The van der Waals surface area contributed by atoms with Crippen molar-refractivity contribution in [2.45, 2.75) is 32.1 Å². The molecule has 0 fully saturated rings. The third-order valence-electron chi connectivity index (χ3n) is 4.22. The van der Waals surface area contributed by atoms with Crippen molar-refractivity contribution in [1.82, 2.24) is 15.6 Å². The summed E-state index contributed by atoms with van der Waals surface area (Å²) in [7, 11) is 0. The summed E-state index contributed by atoms with van der Waals surface area (Å²) in [5, 5.41) is 6.09. The van der Waals surface area contributed by atoms with E-state index in [-0.39, 0.29) is 17.0 Å². The largest absolute Gasteiger partial charge is 0.348 e. The van der Waals surface area contributed by atoms with Crippen molar-refractivity contribution in [3.8, 4) is 0 Å². The number of carbonyl (C=O) groups is 1. The van der Waals surface area contributed by atoms with Gasteiger partial charge in [-0.2, -0.15) is 0 Å². The van der Waals surface area contributed by atoms with Gasteiger partial charge in [-0.25, -0.2) is 0 Å². The molecule has 2 aliphatic rings. The highest BCUT2D eigenvalue weighted by molar-refractivity contribution is 5.94. The van der Waals surface area contributed by atoms with Gasteiger partial charge in [0.1, 0.15) is 5.56 Å². The highest BCUT2D eigenvalue weighted by Crippen LogP contribution is 2.18. The van der Waals surface area contributed by atoms with Crippen molar-refractivity contribution < 1.29 is 4.79 Å². The van der Waals surface area contributed by atoms with Crippen molar-refractivity contribution in [3.63, 3.8) is 0 Å². The molecule has 5 nitrogen and oxygen atoms in total. The Hall–Kier alpha value is -1.88. The molecule has 1 aromatic heterocycles. The van der Waals surface area contributed by atoms with Crippen LogP contribution in [0.1, 0.15) is 40.9 Å². The van der Waals surface area contributed by atoms with Crippen LogP contribution in [0.25, 0.3) is 0 Å². The summed E-state index contributed by atoms with van der Waals surface area (Å²) in [4.78, 5) is 27.1. The van der Waals surface area contributed by atoms with Gasteiger partial charge in [-0.05, 0) is 50.3 Å². The zero-order valence-corrected chi connectivity index (χ0v) is 12.1. The van der Waals surface area contributed by atoms with Gasteiger partial charge in [0.05, 0.1) is 0 Å². The average molecular weight is 287 g/mol. The average Bonchev–Trinajstić information content (AvgIpc) is 2.53. The second-order valence-corrected chi connectivity index (χ2v) is 5.72. The van der Waals surface area contributed by atoms with Crippen LogP contribution in [-0.2, 0) is 12.8 Å². The maximum atomic E-state index is 12.2. The second-order valence-electron chi connectivity index (χ2n) is 5.72. The number of aromatic nitrogens is 1. The fraction of sp³-hybridized carbons (Fsp3) is 0.500. The van der Waals surface area contributed by atoms with Gasteiger partial charge in [-0.3, -0.25) is 9.59 Å². The smallest absolute Gasteiger partial charge is 0.261 e. The Morgan fingerprint density at radius 3 is 2.90 bits per heavy atom. The molecule has 3 rings (SSSR count). The number of pyridine rings is 1. The van der Waals surface area contributed by atoms with Gasteiger partial charge in [-0.1, -0.05) is 11.6 Å². The molecule has 1 aromatic rings. The van der Waals surface area contributed by atoms with Gasteiger partial charge < -0.3 is 15.6 Å². The van der Waals surface area contributed by atoms with E-state index in [0.29, 0.717) is 6.54 Å². The van der Waals surface area contributed by atoms with E-state index in [1.165, 1.54) is 5.57 Å². The third-order valence-corrected chi connectivity index (χ3v) is 4.22. The SMILES string of the molecule is O=C(NCC1=CCNCC1)c1cc2c([nH]c1=O)CCCC2. The minimum absolute atomic E-state index is 0.241. The molecule has 0 radical (unpaired) electrons. The van der Waals surface area contributed by atoms with E-state index in [2.05, 4.69) is 21.7 Å². The molecule has 0 atom stereocenters. The van der Waals surface area contributed by atoms with Crippen LogP contribution in [-0.4, -0.2) is 30.5 Å². The summed E-state index contributed by atoms with van der Waals surface area (Å²) in [5.74, 6) is -0.274. The van der Waals surface area contributed by atoms with Gasteiger partial charge in [-0.15, -0.1) is 0 Å². The molecule has 0 unspecified atom stereocenters. The molecule has 1 amide bonds. The van der Waals surface area contributed by atoms with E-state index < -0.39 is 0 Å². The van der Waals surface area contributed by atoms with Crippen molar-refractivity contribution in [3.05, 3.63) is 44.9 Å². The zero-order chi connectivity index (χ0) is 14.7. The Bertz CT molecular complexity index is 631. The molecular formula is C16H21N3O2. The molecular weight excluding hydrogens is 266 g/mol. The first-order chi connectivity index (χ1) is 10.2. The molecule has 0 bridgehead atoms. The van der Waals surface area contributed by atoms with Crippen LogP contribution in [0, 0.1) is 0 Å². The maximum absolute atomic E-state index is 12.2. The monoisotopic (exact) mass is 287 g/mol.